The van der Waals surface area contributed by atoms with Gasteiger partial charge in [0.25, 0.3) is 0 Å². The SMILES string of the molecule is COc1cncc(-c2ccc(F)c(C3CSC(C)(C)C(N)=N3)c2)c1. The molecule has 0 saturated heterocycles. The average Bonchev–Trinajstić information content (AvgIpc) is 2.58. The van der Waals surface area contributed by atoms with Crippen LogP contribution in [0.15, 0.2) is 41.7 Å². The standard InChI is InChI=1S/C18H20FN3OS/c1-18(2)17(20)22-16(10-24-18)14-7-11(4-5-15(14)19)12-6-13(23-3)9-21-8-12/h4-9,16H,10H2,1-3H3,(H2,20,22). The van der Waals surface area contributed by atoms with Crippen LogP contribution >= 0.6 is 11.8 Å². The molecular weight excluding hydrogens is 325 g/mol. The summed E-state index contributed by atoms with van der Waals surface area (Å²) in [6, 6.07) is 6.64. The molecule has 126 valence electrons. The fourth-order valence-corrected chi connectivity index (χ4v) is 3.58. The molecule has 1 aliphatic heterocycles. The molecule has 0 saturated carbocycles. The van der Waals surface area contributed by atoms with Crippen molar-refractivity contribution in [2.24, 2.45) is 10.7 Å². The molecule has 0 aliphatic carbocycles. The molecule has 3 rings (SSSR count). The summed E-state index contributed by atoms with van der Waals surface area (Å²) in [6.07, 6.45) is 3.37. The van der Waals surface area contributed by atoms with Gasteiger partial charge in [0.1, 0.15) is 17.4 Å². The maximum atomic E-state index is 14.4. The zero-order valence-corrected chi connectivity index (χ0v) is 14.7. The molecule has 24 heavy (non-hydrogen) atoms. The fraction of sp³-hybridized carbons (Fsp3) is 0.333. The molecule has 1 aromatic heterocycles. The molecule has 2 aromatic rings. The van der Waals surface area contributed by atoms with Crippen molar-refractivity contribution in [2.45, 2.75) is 24.6 Å². The van der Waals surface area contributed by atoms with E-state index in [0.29, 0.717) is 22.9 Å². The van der Waals surface area contributed by atoms with E-state index in [2.05, 4.69) is 9.98 Å². The monoisotopic (exact) mass is 345 g/mol. The quantitative estimate of drug-likeness (QED) is 0.919. The van der Waals surface area contributed by atoms with Crippen LogP contribution in [0.2, 0.25) is 0 Å². The maximum absolute atomic E-state index is 14.4. The molecule has 0 spiro atoms. The largest absolute Gasteiger partial charge is 0.495 e. The minimum atomic E-state index is -0.276. The predicted molar refractivity (Wildman–Crippen MR) is 97.1 cm³/mol. The van der Waals surface area contributed by atoms with Gasteiger partial charge in [-0.15, -0.1) is 11.8 Å². The van der Waals surface area contributed by atoms with Gasteiger partial charge in [-0.3, -0.25) is 9.98 Å². The summed E-state index contributed by atoms with van der Waals surface area (Å²) in [5.74, 6) is 1.65. The smallest absolute Gasteiger partial charge is 0.137 e. The van der Waals surface area contributed by atoms with Crippen molar-refractivity contribution in [1.29, 1.82) is 0 Å². The predicted octanol–water partition coefficient (Wildman–Crippen LogP) is 3.82. The highest BCUT2D eigenvalue weighted by molar-refractivity contribution is 8.01. The van der Waals surface area contributed by atoms with E-state index >= 15 is 0 Å². The number of pyridine rings is 1. The summed E-state index contributed by atoms with van der Waals surface area (Å²) in [4.78, 5) is 8.68. The van der Waals surface area contributed by atoms with E-state index in [4.69, 9.17) is 10.5 Å². The number of ether oxygens (including phenoxy) is 1. The van der Waals surface area contributed by atoms with Gasteiger partial charge in [-0.2, -0.15) is 0 Å². The van der Waals surface area contributed by atoms with Gasteiger partial charge < -0.3 is 10.5 Å². The number of hydrogen-bond donors (Lipinski definition) is 1. The Kier molecular flexibility index (Phi) is 4.49. The maximum Gasteiger partial charge on any atom is 0.137 e. The molecule has 0 bridgehead atoms. The molecule has 1 atom stereocenters. The highest BCUT2D eigenvalue weighted by Gasteiger charge is 2.31. The summed E-state index contributed by atoms with van der Waals surface area (Å²) in [5, 5.41) is 0. The first-order chi connectivity index (χ1) is 11.4. The first-order valence-electron chi connectivity index (χ1n) is 7.67. The third-order valence-electron chi connectivity index (χ3n) is 4.15. The third kappa shape index (κ3) is 3.24. The summed E-state index contributed by atoms with van der Waals surface area (Å²) in [5.41, 5.74) is 8.36. The molecule has 4 nitrogen and oxygen atoms in total. The molecule has 0 fully saturated rings. The van der Waals surface area contributed by atoms with E-state index in [0.717, 1.165) is 11.1 Å². The van der Waals surface area contributed by atoms with Gasteiger partial charge in [0, 0.05) is 23.1 Å². The third-order valence-corrected chi connectivity index (χ3v) is 5.56. The number of methoxy groups -OCH3 is 1. The van der Waals surface area contributed by atoms with Crippen molar-refractivity contribution in [3.05, 3.63) is 48.0 Å². The first kappa shape index (κ1) is 16.8. The highest BCUT2D eigenvalue weighted by Crippen LogP contribution is 2.38. The number of aliphatic imine (C=N–C) groups is 1. The van der Waals surface area contributed by atoms with Crippen LogP contribution in [0, 0.1) is 5.82 Å². The lowest BCUT2D eigenvalue weighted by Crippen LogP contribution is -2.39. The number of amidine groups is 1. The first-order valence-corrected chi connectivity index (χ1v) is 8.66. The summed E-state index contributed by atoms with van der Waals surface area (Å²) in [7, 11) is 1.59. The van der Waals surface area contributed by atoms with Gasteiger partial charge in [0.05, 0.1) is 24.1 Å². The molecule has 2 N–H and O–H groups in total. The molecule has 1 aliphatic rings. The molecule has 1 aromatic carbocycles. The number of hydrogen-bond acceptors (Lipinski definition) is 5. The van der Waals surface area contributed by atoms with Gasteiger partial charge in [0.2, 0.25) is 0 Å². The minimum absolute atomic E-state index is 0.207. The Hall–Kier alpha value is -2.08. The van der Waals surface area contributed by atoms with E-state index in [1.807, 2.05) is 26.0 Å². The second kappa shape index (κ2) is 6.43. The molecule has 6 heteroatoms. The number of benzene rings is 1. The van der Waals surface area contributed by atoms with E-state index in [9.17, 15) is 4.39 Å². The number of thioether (sulfide) groups is 1. The van der Waals surface area contributed by atoms with Gasteiger partial charge in [-0.25, -0.2) is 4.39 Å². The van der Waals surface area contributed by atoms with Gasteiger partial charge in [-0.1, -0.05) is 6.07 Å². The lowest BCUT2D eigenvalue weighted by Gasteiger charge is -2.31. The molecular formula is C18H20FN3OS. The number of aromatic nitrogens is 1. The zero-order chi connectivity index (χ0) is 17.3. The molecule has 2 heterocycles. The van der Waals surface area contributed by atoms with Crippen molar-refractivity contribution in [2.75, 3.05) is 12.9 Å². The Labute approximate surface area is 145 Å². The van der Waals surface area contributed by atoms with E-state index < -0.39 is 0 Å². The molecule has 1 unspecified atom stereocenters. The van der Waals surface area contributed by atoms with E-state index in [1.54, 1.807) is 37.3 Å². The van der Waals surface area contributed by atoms with Crippen LogP contribution in [0.4, 0.5) is 4.39 Å². The van der Waals surface area contributed by atoms with Crippen LogP contribution in [0.3, 0.4) is 0 Å². The fourth-order valence-electron chi connectivity index (χ4n) is 2.55. The Morgan fingerprint density at radius 3 is 2.75 bits per heavy atom. The summed E-state index contributed by atoms with van der Waals surface area (Å²) >= 11 is 1.69. The van der Waals surface area contributed by atoms with Gasteiger partial charge >= 0.3 is 0 Å². The number of nitrogens with zero attached hydrogens (tertiary/aromatic N) is 2. The normalized spacial score (nSPS) is 19.7. The number of halogens is 1. The second-order valence-electron chi connectivity index (χ2n) is 6.20. The Morgan fingerprint density at radius 1 is 1.25 bits per heavy atom. The minimum Gasteiger partial charge on any atom is -0.495 e. The molecule has 0 amide bonds. The lowest BCUT2D eigenvalue weighted by molar-refractivity contribution is 0.413. The van der Waals surface area contributed by atoms with Crippen LogP contribution in [-0.4, -0.2) is 28.4 Å². The number of nitrogens with two attached hydrogens (primary N) is 1. The van der Waals surface area contributed by atoms with E-state index in [-0.39, 0.29) is 16.6 Å². The van der Waals surface area contributed by atoms with Crippen LogP contribution < -0.4 is 10.5 Å². The Balaban J connectivity index is 2.00. The zero-order valence-electron chi connectivity index (χ0n) is 13.9. The van der Waals surface area contributed by atoms with Crippen molar-refractivity contribution in [1.82, 2.24) is 4.98 Å². The topological polar surface area (TPSA) is 60.5 Å². The van der Waals surface area contributed by atoms with Gasteiger partial charge in [-0.05, 0) is 37.6 Å². The van der Waals surface area contributed by atoms with Crippen LogP contribution in [0.25, 0.3) is 11.1 Å². The Bertz CT molecular complexity index is 792. The highest BCUT2D eigenvalue weighted by atomic mass is 32.2. The summed E-state index contributed by atoms with van der Waals surface area (Å²) in [6.45, 7) is 4.06. The molecule has 0 radical (unpaired) electrons. The van der Waals surface area contributed by atoms with Crippen molar-refractivity contribution >= 4 is 17.6 Å². The lowest BCUT2D eigenvalue weighted by atomic mass is 10.00. The van der Waals surface area contributed by atoms with Gasteiger partial charge in [0.15, 0.2) is 0 Å². The Morgan fingerprint density at radius 2 is 2.04 bits per heavy atom. The van der Waals surface area contributed by atoms with Crippen molar-refractivity contribution in [3.8, 4) is 16.9 Å². The number of rotatable bonds is 3. The van der Waals surface area contributed by atoms with Crippen LogP contribution in [0.1, 0.15) is 25.5 Å². The van der Waals surface area contributed by atoms with E-state index in [1.165, 1.54) is 6.07 Å². The van der Waals surface area contributed by atoms with Crippen molar-refractivity contribution in [3.63, 3.8) is 0 Å². The summed E-state index contributed by atoms with van der Waals surface area (Å²) < 4.78 is 19.4. The van der Waals surface area contributed by atoms with Crippen LogP contribution in [0.5, 0.6) is 5.75 Å². The second-order valence-corrected chi connectivity index (χ2v) is 7.84. The van der Waals surface area contributed by atoms with Crippen LogP contribution in [-0.2, 0) is 0 Å². The average molecular weight is 345 g/mol. The van der Waals surface area contributed by atoms with Crippen molar-refractivity contribution < 1.29 is 9.13 Å².